The lowest BCUT2D eigenvalue weighted by Crippen LogP contribution is -2.27. The standard InChI is InChI=1S/C9H16O2/c1-4-9(2,3)11-8-6-5-7-10-8/h4,8H,1,5-7H2,2-3H3. The van der Waals surface area contributed by atoms with E-state index in [-0.39, 0.29) is 11.9 Å². The highest BCUT2D eigenvalue weighted by Crippen LogP contribution is 2.20. The van der Waals surface area contributed by atoms with Gasteiger partial charge in [0.1, 0.15) is 0 Å². The van der Waals surface area contributed by atoms with Crippen molar-refractivity contribution in [1.82, 2.24) is 0 Å². The Hall–Kier alpha value is -0.340. The van der Waals surface area contributed by atoms with Crippen molar-refractivity contribution in [3.63, 3.8) is 0 Å². The monoisotopic (exact) mass is 156 g/mol. The lowest BCUT2D eigenvalue weighted by Gasteiger charge is -2.24. The van der Waals surface area contributed by atoms with E-state index in [1.807, 2.05) is 13.8 Å². The number of hydrogen-bond acceptors (Lipinski definition) is 2. The Morgan fingerprint density at radius 2 is 2.36 bits per heavy atom. The summed E-state index contributed by atoms with van der Waals surface area (Å²) in [6.07, 6.45) is 3.91. The smallest absolute Gasteiger partial charge is 0.158 e. The van der Waals surface area contributed by atoms with Crippen LogP contribution in [0.1, 0.15) is 26.7 Å². The predicted molar refractivity (Wildman–Crippen MR) is 44.3 cm³/mol. The average molecular weight is 156 g/mol. The van der Waals surface area contributed by atoms with E-state index in [1.165, 1.54) is 0 Å². The molecule has 0 radical (unpaired) electrons. The molecule has 0 amide bonds. The van der Waals surface area contributed by atoms with Gasteiger partial charge in [0, 0.05) is 13.0 Å². The molecule has 0 saturated carbocycles. The summed E-state index contributed by atoms with van der Waals surface area (Å²) < 4.78 is 10.9. The second-order valence-corrected chi connectivity index (χ2v) is 3.37. The average Bonchev–Trinajstić information content (AvgIpc) is 2.39. The summed E-state index contributed by atoms with van der Waals surface area (Å²) in [5, 5.41) is 0. The van der Waals surface area contributed by atoms with Gasteiger partial charge in [-0.2, -0.15) is 0 Å². The first-order valence-electron chi connectivity index (χ1n) is 4.07. The van der Waals surface area contributed by atoms with Gasteiger partial charge in [-0.25, -0.2) is 0 Å². The Bertz CT molecular complexity index is 134. The molecule has 1 saturated heterocycles. The van der Waals surface area contributed by atoms with Crippen molar-refractivity contribution in [2.75, 3.05) is 6.61 Å². The molecule has 1 fully saturated rings. The van der Waals surface area contributed by atoms with E-state index in [0.717, 1.165) is 19.4 Å². The zero-order chi connectivity index (χ0) is 8.32. The minimum Gasteiger partial charge on any atom is -0.353 e. The second kappa shape index (κ2) is 3.37. The predicted octanol–water partition coefficient (Wildman–Crippen LogP) is 2.10. The summed E-state index contributed by atoms with van der Waals surface area (Å²) in [6, 6.07) is 0. The first-order chi connectivity index (χ1) is 5.14. The van der Waals surface area contributed by atoms with Gasteiger partial charge in [-0.3, -0.25) is 0 Å². The third-order valence-corrected chi connectivity index (χ3v) is 1.81. The van der Waals surface area contributed by atoms with Gasteiger partial charge in [0.15, 0.2) is 6.29 Å². The zero-order valence-electron chi connectivity index (χ0n) is 7.30. The summed E-state index contributed by atoms with van der Waals surface area (Å²) in [5.41, 5.74) is -0.255. The molecule has 2 heteroatoms. The van der Waals surface area contributed by atoms with Crippen molar-refractivity contribution in [2.45, 2.75) is 38.6 Å². The van der Waals surface area contributed by atoms with Gasteiger partial charge < -0.3 is 9.47 Å². The third kappa shape index (κ3) is 2.64. The van der Waals surface area contributed by atoms with Crippen LogP contribution in [-0.2, 0) is 9.47 Å². The largest absolute Gasteiger partial charge is 0.353 e. The van der Waals surface area contributed by atoms with Gasteiger partial charge in [0.05, 0.1) is 5.60 Å². The number of rotatable bonds is 3. The normalized spacial score (nSPS) is 25.5. The minimum absolute atomic E-state index is 0.0111. The van der Waals surface area contributed by atoms with Crippen molar-refractivity contribution in [3.05, 3.63) is 12.7 Å². The molecule has 1 rings (SSSR count). The zero-order valence-corrected chi connectivity index (χ0v) is 7.30. The molecule has 1 atom stereocenters. The second-order valence-electron chi connectivity index (χ2n) is 3.37. The summed E-state index contributed by atoms with van der Waals surface area (Å²) in [7, 11) is 0. The van der Waals surface area contributed by atoms with Crippen LogP contribution in [0.25, 0.3) is 0 Å². The van der Waals surface area contributed by atoms with Crippen LogP contribution in [-0.4, -0.2) is 18.5 Å². The Morgan fingerprint density at radius 3 is 2.82 bits per heavy atom. The number of ether oxygens (including phenoxy) is 2. The van der Waals surface area contributed by atoms with Crippen molar-refractivity contribution >= 4 is 0 Å². The van der Waals surface area contributed by atoms with Crippen molar-refractivity contribution < 1.29 is 9.47 Å². The molecule has 0 aromatic heterocycles. The van der Waals surface area contributed by atoms with Gasteiger partial charge in [0.2, 0.25) is 0 Å². The molecule has 1 heterocycles. The first-order valence-corrected chi connectivity index (χ1v) is 4.07. The highest BCUT2D eigenvalue weighted by molar-refractivity contribution is 4.89. The lowest BCUT2D eigenvalue weighted by atomic mass is 10.1. The molecule has 2 nitrogen and oxygen atoms in total. The molecular formula is C9H16O2. The molecule has 0 aromatic rings. The summed E-state index contributed by atoms with van der Waals surface area (Å²) in [6.45, 7) is 8.50. The Labute approximate surface area is 68.2 Å². The van der Waals surface area contributed by atoms with E-state index < -0.39 is 0 Å². The van der Waals surface area contributed by atoms with Crippen LogP contribution in [0.4, 0.5) is 0 Å². The molecule has 0 aliphatic carbocycles. The fourth-order valence-electron chi connectivity index (χ4n) is 1.03. The van der Waals surface area contributed by atoms with E-state index in [4.69, 9.17) is 9.47 Å². The first kappa shape index (κ1) is 8.75. The summed E-state index contributed by atoms with van der Waals surface area (Å²) >= 11 is 0. The van der Waals surface area contributed by atoms with Crippen LogP contribution in [0.15, 0.2) is 12.7 Å². The molecule has 0 aromatic carbocycles. The van der Waals surface area contributed by atoms with E-state index >= 15 is 0 Å². The Morgan fingerprint density at radius 1 is 1.64 bits per heavy atom. The van der Waals surface area contributed by atoms with E-state index in [2.05, 4.69) is 6.58 Å². The molecule has 0 spiro atoms. The van der Waals surface area contributed by atoms with Crippen LogP contribution in [0.3, 0.4) is 0 Å². The molecule has 11 heavy (non-hydrogen) atoms. The maximum atomic E-state index is 5.61. The van der Waals surface area contributed by atoms with E-state index in [9.17, 15) is 0 Å². The fourth-order valence-corrected chi connectivity index (χ4v) is 1.03. The quantitative estimate of drug-likeness (QED) is 0.582. The van der Waals surface area contributed by atoms with Crippen molar-refractivity contribution in [1.29, 1.82) is 0 Å². The highest BCUT2D eigenvalue weighted by Gasteiger charge is 2.23. The summed E-state index contributed by atoms with van der Waals surface area (Å²) in [5.74, 6) is 0. The SMILES string of the molecule is C=CC(C)(C)OC1CCCO1. The van der Waals surface area contributed by atoms with Gasteiger partial charge in [-0.1, -0.05) is 6.08 Å². The van der Waals surface area contributed by atoms with Gasteiger partial charge in [-0.05, 0) is 20.3 Å². The topological polar surface area (TPSA) is 18.5 Å². The van der Waals surface area contributed by atoms with Gasteiger partial charge in [-0.15, -0.1) is 6.58 Å². The number of hydrogen-bond donors (Lipinski definition) is 0. The molecule has 64 valence electrons. The fraction of sp³-hybridized carbons (Fsp3) is 0.778. The van der Waals surface area contributed by atoms with Gasteiger partial charge in [0.25, 0.3) is 0 Å². The van der Waals surface area contributed by atoms with Crippen LogP contribution in [0, 0.1) is 0 Å². The maximum absolute atomic E-state index is 5.61. The minimum atomic E-state index is -0.255. The molecule has 0 N–H and O–H groups in total. The van der Waals surface area contributed by atoms with Crippen LogP contribution in [0.2, 0.25) is 0 Å². The highest BCUT2D eigenvalue weighted by atomic mass is 16.7. The Balaban J connectivity index is 2.33. The molecule has 0 bridgehead atoms. The summed E-state index contributed by atoms with van der Waals surface area (Å²) in [4.78, 5) is 0. The van der Waals surface area contributed by atoms with Gasteiger partial charge >= 0.3 is 0 Å². The van der Waals surface area contributed by atoms with Crippen molar-refractivity contribution in [3.8, 4) is 0 Å². The van der Waals surface area contributed by atoms with Crippen LogP contribution < -0.4 is 0 Å². The molecule has 1 aliphatic rings. The van der Waals surface area contributed by atoms with Crippen LogP contribution >= 0.6 is 0 Å². The van der Waals surface area contributed by atoms with Crippen molar-refractivity contribution in [2.24, 2.45) is 0 Å². The van der Waals surface area contributed by atoms with Crippen LogP contribution in [0.5, 0.6) is 0 Å². The lowest BCUT2D eigenvalue weighted by molar-refractivity contribution is -0.160. The Kier molecular flexibility index (Phi) is 2.68. The van der Waals surface area contributed by atoms with E-state index in [1.54, 1.807) is 6.08 Å². The molecular weight excluding hydrogens is 140 g/mol. The third-order valence-electron chi connectivity index (χ3n) is 1.81. The van der Waals surface area contributed by atoms with E-state index in [0.29, 0.717) is 0 Å². The maximum Gasteiger partial charge on any atom is 0.158 e. The molecule has 1 aliphatic heterocycles. The molecule has 1 unspecified atom stereocenters.